The van der Waals surface area contributed by atoms with Gasteiger partial charge in [-0.3, -0.25) is 4.55 Å². The summed E-state index contributed by atoms with van der Waals surface area (Å²) in [5, 5.41) is 0. The molecule has 10 heteroatoms. The second-order valence-electron chi connectivity index (χ2n) is 4.10. The van der Waals surface area contributed by atoms with Crippen molar-refractivity contribution in [1.29, 1.82) is 0 Å². The van der Waals surface area contributed by atoms with Crippen LogP contribution in [0, 0.1) is 0 Å². The second kappa shape index (κ2) is 6.54. The van der Waals surface area contributed by atoms with Crippen molar-refractivity contribution < 1.29 is 25.3 Å². The summed E-state index contributed by atoms with van der Waals surface area (Å²) in [4.78, 5) is 0. The molecule has 0 fully saturated rings. The Morgan fingerprint density at radius 2 is 1.50 bits per heavy atom. The van der Waals surface area contributed by atoms with E-state index in [2.05, 4.69) is 0 Å². The van der Waals surface area contributed by atoms with Crippen LogP contribution >= 0.6 is 0 Å². The van der Waals surface area contributed by atoms with Crippen molar-refractivity contribution in [2.24, 2.45) is 0 Å². The van der Waals surface area contributed by atoms with Gasteiger partial charge in [0.15, 0.2) is 0 Å². The topological polar surface area (TPSA) is 97.7 Å². The van der Waals surface area contributed by atoms with Crippen molar-refractivity contribution in [3.05, 3.63) is 0 Å². The van der Waals surface area contributed by atoms with Crippen molar-refractivity contribution in [3.63, 3.8) is 0 Å². The third-order valence-electron chi connectivity index (χ3n) is 1.17. The number of hydrogen-bond acceptors (Lipinski definition) is 5. The van der Waals surface area contributed by atoms with Gasteiger partial charge in [0.05, 0.1) is 11.5 Å². The van der Waals surface area contributed by atoms with E-state index >= 15 is 0 Å². The van der Waals surface area contributed by atoms with Crippen molar-refractivity contribution in [2.45, 2.75) is 26.1 Å². The van der Waals surface area contributed by atoms with Crippen LogP contribution in [0.4, 0.5) is 0 Å². The van der Waals surface area contributed by atoms with Gasteiger partial charge in [0.2, 0.25) is 8.32 Å². The molecule has 0 spiro atoms. The average molecular weight is 284 g/mol. The fourth-order valence-electron chi connectivity index (χ4n) is 0.841. The van der Waals surface area contributed by atoms with Gasteiger partial charge in [-0.05, 0) is 26.1 Å². The Morgan fingerprint density at radius 1 is 1.06 bits per heavy atom. The van der Waals surface area contributed by atoms with Crippen molar-refractivity contribution in [3.8, 4) is 0 Å². The molecular weight excluding hydrogens is 267 g/mol. The first-order chi connectivity index (χ1) is 6.41. The van der Waals surface area contributed by atoms with Gasteiger partial charge >= 0.3 is 18.9 Å². The monoisotopic (exact) mass is 284 g/mol. The normalized spacial score (nSPS) is 13.2. The Balaban J connectivity index is 0. The Hall–Kier alpha value is 0.634. The fourth-order valence-corrected chi connectivity index (χ4v) is 5.41. The Morgan fingerprint density at radius 3 is 1.81 bits per heavy atom. The van der Waals surface area contributed by atoms with Gasteiger partial charge in [0.1, 0.15) is 0 Å². The predicted octanol–water partition coefficient (Wildman–Crippen LogP) is -0.203. The summed E-state index contributed by atoms with van der Waals surface area (Å²) in [7, 11) is -9.96. The fraction of sp³-hybridized carbons (Fsp3) is 1.00. The molecule has 0 atom stereocenters. The van der Waals surface area contributed by atoms with Crippen LogP contribution in [0.25, 0.3) is 0 Å². The Kier molecular flexibility index (Phi) is 7.76. The molecule has 0 bridgehead atoms. The van der Waals surface area contributed by atoms with Gasteiger partial charge in [-0.25, -0.2) is 8.42 Å². The van der Waals surface area contributed by atoms with E-state index in [0.717, 1.165) is 0 Å². The molecule has 0 saturated carbocycles. The van der Waals surface area contributed by atoms with Crippen LogP contribution in [0.3, 0.4) is 0 Å². The Labute approximate surface area is 110 Å². The summed E-state index contributed by atoms with van der Waals surface area (Å²) in [5.74, 6) is -0.960. The molecule has 0 unspecified atom stereocenters. The van der Waals surface area contributed by atoms with E-state index in [9.17, 15) is 16.8 Å². The summed E-state index contributed by atoms with van der Waals surface area (Å²) in [6.07, 6.45) is -0.161. The number of hydrogen-bond donors (Lipinski definition) is 1. The van der Waals surface area contributed by atoms with Gasteiger partial charge in [-0.15, -0.1) is 0 Å². The minimum absolute atomic E-state index is 0. The van der Waals surface area contributed by atoms with Crippen LogP contribution in [0.1, 0.15) is 6.42 Å². The molecule has 0 rings (SSSR count). The molecule has 0 aromatic rings. The van der Waals surface area contributed by atoms with Crippen molar-refractivity contribution in [1.82, 2.24) is 0 Å². The summed E-state index contributed by atoms with van der Waals surface area (Å²) >= 11 is 0. The molecule has 0 aliphatic rings. The van der Waals surface area contributed by atoms with Crippen LogP contribution < -0.4 is 0 Å². The maximum atomic E-state index is 11.3. The summed E-state index contributed by atoms with van der Waals surface area (Å²) in [5.41, 5.74) is 0. The summed E-state index contributed by atoms with van der Waals surface area (Å²) in [6, 6.07) is 0. The predicted molar refractivity (Wildman–Crippen MR) is 66.4 cm³/mol. The molecule has 0 heterocycles. The molecule has 0 amide bonds. The molecule has 1 N–H and O–H groups in total. The molecule has 0 aliphatic carbocycles. The van der Waals surface area contributed by atoms with Crippen LogP contribution in [-0.2, 0) is 24.1 Å². The van der Waals surface area contributed by atoms with E-state index in [1.165, 1.54) is 0 Å². The second-order valence-corrected chi connectivity index (χ2v) is 12.1. The van der Waals surface area contributed by atoms with Gasteiger partial charge in [0.25, 0.3) is 20.2 Å². The van der Waals surface area contributed by atoms with Gasteiger partial charge < -0.3 is 3.87 Å². The van der Waals surface area contributed by atoms with Crippen molar-refractivity contribution in [2.75, 3.05) is 11.5 Å². The van der Waals surface area contributed by atoms with Crippen LogP contribution in [0.2, 0.25) is 19.6 Å². The molecule has 0 aromatic heterocycles. The minimum atomic E-state index is -4.10. The van der Waals surface area contributed by atoms with Gasteiger partial charge in [0, 0.05) is 0 Å². The van der Waals surface area contributed by atoms with E-state index in [-0.39, 0.29) is 25.3 Å². The Bertz CT molecular complexity index is 395. The third kappa shape index (κ3) is 12.7. The zero-order valence-corrected chi connectivity index (χ0v) is 11.6. The van der Waals surface area contributed by atoms with E-state index in [0.29, 0.717) is 0 Å². The summed E-state index contributed by atoms with van der Waals surface area (Å²) < 4.78 is 56.5. The molecule has 0 saturated heterocycles. The standard InChI is InChI=1S/C6H16O6S2Si.Li.H/c1-15(2,3)12-14(10,11)6-4-5-13(7,8)9;;/h4-6H2,1-3H3,(H,7,8,9);;. The van der Waals surface area contributed by atoms with E-state index < -0.39 is 40.1 Å². The van der Waals surface area contributed by atoms with Crippen LogP contribution in [0.15, 0.2) is 0 Å². The first kappa shape index (κ1) is 19.0. The first-order valence-electron chi connectivity index (χ1n) is 4.30. The number of rotatable bonds is 6. The quantitative estimate of drug-likeness (QED) is 0.535. The molecule has 0 aromatic carbocycles. The summed E-state index contributed by atoms with van der Waals surface area (Å²) in [6.45, 7) is 5.15. The molecule has 0 aliphatic heterocycles. The van der Waals surface area contributed by atoms with E-state index in [4.69, 9.17) is 8.42 Å². The van der Waals surface area contributed by atoms with E-state index in [1.54, 1.807) is 19.6 Å². The molecular formula is C6H17LiO6S2Si. The zero-order chi connectivity index (χ0) is 12.3. The van der Waals surface area contributed by atoms with Crippen molar-refractivity contribution >= 4 is 47.4 Å². The average Bonchev–Trinajstić information content (AvgIpc) is 1.75. The SMILES string of the molecule is C[Si](C)(C)OS(=O)(=O)CCCS(=O)(=O)O.[LiH]. The molecule has 6 nitrogen and oxygen atoms in total. The van der Waals surface area contributed by atoms with Crippen LogP contribution in [0.5, 0.6) is 0 Å². The van der Waals surface area contributed by atoms with Gasteiger partial charge in [-0.2, -0.15) is 8.42 Å². The molecule has 0 radical (unpaired) electrons. The van der Waals surface area contributed by atoms with Gasteiger partial charge in [-0.1, -0.05) is 0 Å². The third-order valence-corrected chi connectivity index (χ3v) is 5.78. The van der Waals surface area contributed by atoms with E-state index in [1.807, 2.05) is 0 Å². The van der Waals surface area contributed by atoms with Crippen LogP contribution in [-0.4, -0.2) is 60.1 Å². The zero-order valence-electron chi connectivity index (χ0n) is 8.93. The molecule has 94 valence electrons. The maximum absolute atomic E-state index is 11.3. The first-order valence-corrected chi connectivity index (χ1v) is 10.9. The molecule has 16 heavy (non-hydrogen) atoms.